The normalized spacial score (nSPS) is 16.2. The Labute approximate surface area is 399 Å². The molecule has 0 saturated heterocycles. The number of esters is 2. The van der Waals surface area contributed by atoms with Gasteiger partial charge in [0.15, 0.2) is 12.4 Å². The first-order valence-electron chi connectivity index (χ1n) is 24.7. The highest BCUT2D eigenvalue weighted by molar-refractivity contribution is 5.80. The van der Waals surface area contributed by atoms with Gasteiger partial charge in [-0.25, -0.2) is 9.59 Å². The molecule has 0 heterocycles. The first kappa shape index (κ1) is 55.9. The fourth-order valence-electron chi connectivity index (χ4n) is 7.62. The van der Waals surface area contributed by atoms with E-state index in [-0.39, 0.29) is 48.7 Å². The van der Waals surface area contributed by atoms with Crippen LogP contribution in [0.2, 0.25) is 0 Å². The maximum Gasteiger partial charge on any atom is 0.331 e. The number of aliphatic imine (C=N–C) groups is 3. The second kappa shape index (κ2) is 28.0. The minimum Gasteiger partial charge on any atom is -0.460 e. The predicted molar refractivity (Wildman–Crippen MR) is 274 cm³/mol. The van der Waals surface area contributed by atoms with Gasteiger partial charge >= 0.3 is 11.9 Å². The second-order valence-corrected chi connectivity index (χ2v) is 20.7. The van der Waals surface area contributed by atoms with Gasteiger partial charge in [-0.3, -0.25) is 15.0 Å². The Balaban J connectivity index is 1.77. The van der Waals surface area contributed by atoms with E-state index < -0.39 is 42.5 Å². The van der Waals surface area contributed by atoms with Crippen LogP contribution in [0, 0.1) is 35.5 Å². The van der Waals surface area contributed by atoms with Crippen LogP contribution in [0.5, 0.6) is 0 Å². The zero-order chi connectivity index (χ0) is 49.1. The van der Waals surface area contributed by atoms with Crippen molar-refractivity contribution in [1.82, 2.24) is 0 Å². The van der Waals surface area contributed by atoms with Crippen LogP contribution in [0.1, 0.15) is 155 Å². The molecule has 8 atom stereocenters. The van der Waals surface area contributed by atoms with Crippen LogP contribution in [0.25, 0.3) is 0 Å². The van der Waals surface area contributed by atoms with E-state index in [9.17, 15) is 14.7 Å². The molecule has 0 radical (unpaired) electrons. The Morgan fingerprint density at radius 2 is 0.833 bits per heavy atom. The Hall–Kier alpha value is -4.47. The van der Waals surface area contributed by atoms with Gasteiger partial charge < -0.3 is 19.3 Å². The fraction of sp³-hybridized carbons (Fsp3) is 0.596. The van der Waals surface area contributed by atoms with Gasteiger partial charge in [0.2, 0.25) is 0 Å². The van der Waals surface area contributed by atoms with Gasteiger partial charge in [0, 0.05) is 18.6 Å². The average molecular weight is 908 g/mol. The lowest BCUT2D eigenvalue weighted by atomic mass is 9.97. The summed E-state index contributed by atoms with van der Waals surface area (Å²) in [7, 11) is 0. The van der Waals surface area contributed by atoms with Crippen LogP contribution < -0.4 is 0 Å². The Morgan fingerprint density at radius 3 is 1.17 bits per heavy atom. The number of hydrogen-bond acceptors (Lipinski definition) is 9. The molecule has 0 amide bonds. The van der Waals surface area contributed by atoms with Crippen molar-refractivity contribution in [1.29, 1.82) is 0 Å². The molecular formula is C57H85N3O6. The SMILES string of the molecule is CC(/C=N\C(C(=O)OCC(COC(O)C(/N=C/C(C)Cc1ccc(C(C)C)cc1)C(C)C)OC(=O)C(/N=C/C(C)Cc1ccc(C(C)C)cc1)C(C)C)C(C)C)Cc1ccc(C(C)C)cc1. The smallest absolute Gasteiger partial charge is 0.331 e. The number of benzene rings is 3. The van der Waals surface area contributed by atoms with Gasteiger partial charge in [-0.1, -0.05) is 177 Å². The van der Waals surface area contributed by atoms with E-state index in [4.69, 9.17) is 29.2 Å². The maximum absolute atomic E-state index is 14.0. The number of aliphatic hydroxyl groups is 1. The zero-order valence-electron chi connectivity index (χ0n) is 43.1. The molecule has 8 unspecified atom stereocenters. The van der Waals surface area contributed by atoms with Crippen LogP contribution >= 0.6 is 0 Å². The molecule has 3 aromatic carbocycles. The summed E-state index contributed by atoms with van der Waals surface area (Å²) in [4.78, 5) is 41.9. The summed E-state index contributed by atoms with van der Waals surface area (Å²) in [6.45, 7) is 30.5. The highest BCUT2D eigenvalue weighted by Crippen LogP contribution is 2.21. The molecular weight excluding hydrogens is 823 g/mol. The number of ether oxygens (including phenoxy) is 3. The molecule has 0 fully saturated rings. The van der Waals surface area contributed by atoms with E-state index in [0.717, 1.165) is 19.3 Å². The summed E-state index contributed by atoms with van der Waals surface area (Å²) < 4.78 is 18.0. The van der Waals surface area contributed by atoms with Crippen molar-refractivity contribution in [2.24, 2.45) is 50.5 Å². The molecule has 66 heavy (non-hydrogen) atoms. The first-order valence-corrected chi connectivity index (χ1v) is 24.7. The second-order valence-electron chi connectivity index (χ2n) is 20.7. The maximum atomic E-state index is 14.0. The standard InChI is InChI=1S/C57H85N3O6/c1-36(2)48-22-16-45(17-23-48)28-42(13)31-58-52(39(7)8)55(61)64-34-51(66-57(63)54(41(11)12)60-33-44(15)30-47-20-26-50(27-21-47)38(5)6)35-65-56(62)53(40(9)10)59-32-43(14)29-46-18-24-49(25-19-46)37(3)4/h16-27,31-33,36-44,51-55,61H,28-30,34-35H2,1-15H3/b58-31+,59-32-,60-33+. The van der Waals surface area contributed by atoms with Crippen molar-refractivity contribution in [3.05, 3.63) is 106 Å². The lowest BCUT2D eigenvalue weighted by molar-refractivity contribution is -0.178. The van der Waals surface area contributed by atoms with Gasteiger partial charge in [0.1, 0.15) is 24.7 Å². The molecule has 9 nitrogen and oxygen atoms in total. The molecule has 3 rings (SSSR count). The quantitative estimate of drug-likeness (QED) is 0.0462. The molecule has 364 valence electrons. The number of carbonyl (C=O) groups is 2. The number of nitrogens with zero attached hydrogens (tertiary/aromatic N) is 3. The van der Waals surface area contributed by atoms with Gasteiger partial charge in [0.25, 0.3) is 0 Å². The van der Waals surface area contributed by atoms with E-state index in [0.29, 0.717) is 17.8 Å². The molecule has 0 spiro atoms. The highest BCUT2D eigenvalue weighted by atomic mass is 16.6. The average Bonchev–Trinajstić information content (AvgIpc) is 3.24. The fourth-order valence-corrected chi connectivity index (χ4v) is 7.62. The summed E-state index contributed by atoms with van der Waals surface area (Å²) in [6.07, 6.45) is 5.59. The topological polar surface area (TPSA) is 119 Å². The van der Waals surface area contributed by atoms with Crippen LogP contribution in [0.4, 0.5) is 0 Å². The summed E-state index contributed by atoms with van der Waals surface area (Å²) in [5.74, 6) is 0.208. The van der Waals surface area contributed by atoms with Crippen molar-refractivity contribution in [3.8, 4) is 0 Å². The Kier molecular flexibility index (Phi) is 23.7. The minimum absolute atomic E-state index is 0.0613. The molecule has 0 aromatic heterocycles. The van der Waals surface area contributed by atoms with Crippen molar-refractivity contribution in [2.75, 3.05) is 13.2 Å². The minimum atomic E-state index is -1.30. The lowest BCUT2D eigenvalue weighted by Gasteiger charge is -2.27. The first-order chi connectivity index (χ1) is 31.1. The summed E-state index contributed by atoms with van der Waals surface area (Å²) >= 11 is 0. The van der Waals surface area contributed by atoms with Crippen molar-refractivity contribution < 1.29 is 28.9 Å². The lowest BCUT2D eigenvalue weighted by Crippen LogP contribution is -2.40. The molecule has 3 aromatic rings. The van der Waals surface area contributed by atoms with Crippen LogP contribution in [-0.4, -0.2) is 79.4 Å². The monoisotopic (exact) mass is 908 g/mol. The van der Waals surface area contributed by atoms with E-state index in [1.165, 1.54) is 33.4 Å². The molecule has 0 bridgehead atoms. The molecule has 0 saturated carbocycles. The molecule has 9 heteroatoms. The largest absolute Gasteiger partial charge is 0.460 e. The van der Waals surface area contributed by atoms with Gasteiger partial charge in [-0.15, -0.1) is 0 Å². The van der Waals surface area contributed by atoms with E-state index in [2.05, 4.69) is 135 Å². The van der Waals surface area contributed by atoms with Crippen LogP contribution in [0.3, 0.4) is 0 Å². The molecule has 1 N–H and O–H groups in total. The van der Waals surface area contributed by atoms with Crippen LogP contribution in [-0.2, 0) is 43.1 Å². The summed E-state index contributed by atoms with van der Waals surface area (Å²) in [5.41, 5.74) is 7.52. The summed E-state index contributed by atoms with van der Waals surface area (Å²) in [6, 6.07) is 23.8. The number of hydrogen-bond donors (Lipinski definition) is 1. The number of rotatable bonds is 27. The third-order valence-electron chi connectivity index (χ3n) is 12.0. The van der Waals surface area contributed by atoms with E-state index in [1.807, 2.05) is 60.2 Å². The number of aliphatic hydroxyl groups excluding tert-OH is 1. The predicted octanol–water partition coefficient (Wildman–Crippen LogP) is 12.1. The van der Waals surface area contributed by atoms with Crippen LogP contribution in [0.15, 0.2) is 87.8 Å². The van der Waals surface area contributed by atoms with E-state index >= 15 is 0 Å². The molecule has 0 aliphatic rings. The molecule has 0 aliphatic heterocycles. The van der Waals surface area contributed by atoms with Gasteiger partial charge in [-0.2, -0.15) is 0 Å². The third-order valence-corrected chi connectivity index (χ3v) is 12.0. The van der Waals surface area contributed by atoms with E-state index in [1.54, 1.807) is 0 Å². The van der Waals surface area contributed by atoms with Crippen molar-refractivity contribution in [2.45, 2.75) is 171 Å². The third kappa shape index (κ3) is 19.4. The Bertz CT molecular complexity index is 1950. The molecule has 0 aliphatic carbocycles. The van der Waals surface area contributed by atoms with Gasteiger partial charge in [-0.05, 0) is 106 Å². The number of carbonyl (C=O) groups excluding carboxylic acids is 2. The van der Waals surface area contributed by atoms with Crippen molar-refractivity contribution >= 4 is 30.6 Å². The van der Waals surface area contributed by atoms with Gasteiger partial charge in [0.05, 0.1) is 6.61 Å². The highest BCUT2D eigenvalue weighted by Gasteiger charge is 2.31. The summed E-state index contributed by atoms with van der Waals surface area (Å²) in [5, 5.41) is 11.4. The van der Waals surface area contributed by atoms with Crippen molar-refractivity contribution in [3.63, 3.8) is 0 Å². The Morgan fingerprint density at radius 1 is 0.485 bits per heavy atom. The zero-order valence-corrected chi connectivity index (χ0v) is 43.1.